The van der Waals surface area contributed by atoms with Crippen molar-refractivity contribution in [2.45, 2.75) is 0 Å². The summed E-state index contributed by atoms with van der Waals surface area (Å²) in [6.07, 6.45) is 0. The fraction of sp³-hybridized carbons (Fsp3) is 0. The summed E-state index contributed by atoms with van der Waals surface area (Å²) >= 11 is 0. The maximum absolute atomic E-state index is 6.56. The van der Waals surface area contributed by atoms with Crippen LogP contribution in [0.1, 0.15) is 0 Å². The molecule has 0 saturated carbocycles. The molecule has 10 aromatic carbocycles. The Morgan fingerprint density at radius 2 is 0.794 bits per heavy atom. The van der Waals surface area contributed by atoms with E-state index in [-0.39, 0.29) is 0 Å². The number of benzene rings is 10. The van der Waals surface area contributed by atoms with Gasteiger partial charge in [-0.3, -0.25) is 0 Å². The average molecular weight is 805 g/mol. The number of hydrogen-bond acceptors (Lipinski definition) is 2. The zero-order valence-corrected chi connectivity index (χ0v) is 34.4. The third-order valence-electron chi connectivity index (χ3n) is 12.4. The van der Waals surface area contributed by atoms with Crippen LogP contribution in [0.4, 0.5) is 17.1 Å². The molecule has 0 aliphatic heterocycles. The van der Waals surface area contributed by atoms with Gasteiger partial charge in [0.2, 0.25) is 0 Å². The lowest BCUT2D eigenvalue weighted by atomic mass is 9.99. The molecular weight excluding hydrogens is 765 g/mol. The van der Waals surface area contributed by atoms with Gasteiger partial charge in [0.05, 0.1) is 16.7 Å². The summed E-state index contributed by atoms with van der Waals surface area (Å²) in [7, 11) is 0. The molecule has 0 radical (unpaired) electrons. The van der Waals surface area contributed by atoms with Gasteiger partial charge >= 0.3 is 0 Å². The summed E-state index contributed by atoms with van der Waals surface area (Å²) in [4.78, 5) is 2.38. The Labute approximate surface area is 366 Å². The maximum Gasteiger partial charge on any atom is 0.136 e. The van der Waals surface area contributed by atoms with Crippen molar-refractivity contribution in [3.63, 3.8) is 0 Å². The number of aromatic nitrogens is 1. The molecule has 0 unspecified atom stereocenters. The number of furan rings is 1. The molecule has 0 spiro atoms. The summed E-state index contributed by atoms with van der Waals surface area (Å²) in [5.41, 5.74) is 17.7. The number of fused-ring (bicyclic) bond motifs is 6. The van der Waals surface area contributed by atoms with E-state index >= 15 is 0 Å². The molecule has 2 aromatic heterocycles. The van der Waals surface area contributed by atoms with E-state index in [2.05, 4.69) is 246 Å². The van der Waals surface area contributed by atoms with Gasteiger partial charge in [0.1, 0.15) is 11.2 Å². The average Bonchev–Trinajstić information content (AvgIpc) is 3.90. The second-order valence-corrected chi connectivity index (χ2v) is 16.1. The Kier molecular flexibility index (Phi) is 8.83. The van der Waals surface area contributed by atoms with Crippen LogP contribution in [0.15, 0.2) is 247 Å². The third-order valence-corrected chi connectivity index (χ3v) is 12.4. The number of hydrogen-bond donors (Lipinski definition) is 0. The van der Waals surface area contributed by atoms with Crippen LogP contribution in [-0.4, -0.2) is 4.57 Å². The Morgan fingerprint density at radius 1 is 0.302 bits per heavy atom. The standard InChI is InChI=1S/C60H40N2O/c1-3-15-41(16-4-1)46-31-35-54-55-36-32-47(40-60(55)63-59(54)39-46)45-20-14-21-49(38-45)61(56-26-10-7-23-51(56)43-17-5-2-6-18-43)48-33-29-42(30-34-48)44-19-13-22-50(37-44)62-57-27-11-8-24-52(57)53-25-9-12-28-58(53)62/h1-40H. The minimum absolute atomic E-state index is 0.877. The highest BCUT2D eigenvalue weighted by Gasteiger charge is 2.19. The molecule has 2 heterocycles. The van der Waals surface area contributed by atoms with Crippen molar-refractivity contribution in [3.8, 4) is 50.2 Å². The highest BCUT2D eigenvalue weighted by Crippen LogP contribution is 2.43. The van der Waals surface area contributed by atoms with Crippen LogP contribution in [-0.2, 0) is 0 Å². The van der Waals surface area contributed by atoms with Gasteiger partial charge in [-0.1, -0.05) is 164 Å². The van der Waals surface area contributed by atoms with E-state index in [0.29, 0.717) is 0 Å². The summed E-state index contributed by atoms with van der Waals surface area (Å²) in [5, 5.41) is 4.75. The smallest absolute Gasteiger partial charge is 0.136 e. The first-order valence-electron chi connectivity index (χ1n) is 21.5. The van der Waals surface area contributed by atoms with Gasteiger partial charge in [0.25, 0.3) is 0 Å². The van der Waals surface area contributed by atoms with Gasteiger partial charge < -0.3 is 13.9 Å². The Balaban J connectivity index is 0.942. The first-order chi connectivity index (χ1) is 31.2. The van der Waals surface area contributed by atoms with E-state index in [1.54, 1.807) is 0 Å². The summed E-state index contributed by atoms with van der Waals surface area (Å²) in [6, 6.07) is 87.0. The van der Waals surface area contributed by atoms with Crippen molar-refractivity contribution >= 4 is 60.8 Å². The number of rotatable bonds is 8. The normalized spacial score (nSPS) is 11.5. The van der Waals surface area contributed by atoms with E-state index in [9.17, 15) is 0 Å². The molecule has 0 fully saturated rings. The van der Waals surface area contributed by atoms with Gasteiger partial charge in [0, 0.05) is 44.2 Å². The van der Waals surface area contributed by atoms with Crippen LogP contribution in [0.25, 0.3) is 93.9 Å². The highest BCUT2D eigenvalue weighted by molar-refractivity contribution is 6.09. The van der Waals surface area contributed by atoms with Crippen molar-refractivity contribution in [1.29, 1.82) is 0 Å². The van der Waals surface area contributed by atoms with Crippen LogP contribution < -0.4 is 4.90 Å². The Morgan fingerprint density at radius 3 is 1.48 bits per heavy atom. The lowest BCUT2D eigenvalue weighted by Crippen LogP contribution is -2.11. The molecule has 0 aliphatic rings. The van der Waals surface area contributed by atoms with Crippen molar-refractivity contribution in [3.05, 3.63) is 243 Å². The van der Waals surface area contributed by atoms with Gasteiger partial charge in [-0.2, -0.15) is 0 Å². The molecule has 0 amide bonds. The third kappa shape index (κ3) is 6.46. The summed E-state index contributed by atoms with van der Waals surface area (Å²) in [6.45, 7) is 0. The molecule has 0 saturated heterocycles. The fourth-order valence-corrected chi connectivity index (χ4v) is 9.38. The van der Waals surface area contributed by atoms with Crippen LogP contribution in [0.2, 0.25) is 0 Å². The summed E-state index contributed by atoms with van der Waals surface area (Å²) < 4.78 is 8.94. The Bertz CT molecular complexity index is 3570. The number of nitrogens with zero attached hydrogens (tertiary/aromatic N) is 2. The van der Waals surface area contributed by atoms with Gasteiger partial charge in [0.15, 0.2) is 0 Å². The van der Waals surface area contributed by atoms with E-state index in [4.69, 9.17) is 4.42 Å². The molecule has 0 aliphatic carbocycles. The topological polar surface area (TPSA) is 21.3 Å². The molecule has 0 bridgehead atoms. The molecule has 12 aromatic rings. The minimum atomic E-state index is 0.877. The van der Waals surface area contributed by atoms with Gasteiger partial charge in [-0.25, -0.2) is 0 Å². The van der Waals surface area contributed by atoms with E-state index in [1.165, 1.54) is 32.9 Å². The lowest BCUT2D eigenvalue weighted by molar-refractivity contribution is 0.669. The quantitative estimate of drug-likeness (QED) is 0.153. The van der Waals surface area contributed by atoms with E-state index < -0.39 is 0 Å². The predicted molar refractivity (Wildman–Crippen MR) is 264 cm³/mol. The van der Waals surface area contributed by atoms with Crippen LogP contribution >= 0.6 is 0 Å². The largest absolute Gasteiger partial charge is 0.456 e. The number of anilines is 3. The molecule has 0 N–H and O–H groups in total. The zero-order valence-electron chi connectivity index (χ0n) is 34.4. The maximum atomic E-state index is 6.56. The van der Waals surface area contributed by atoms with Crippen LogP contribution in [0.3, 0.4) is 0 Å². The first-order valence-corrected chi connectivity index (χ1v) is 21.5. The minimum Gasteiger partial charge on any atom is -0.456 e. The number of para-hydroxylation sites is 3. The molecule has 0 atom stereocenters. The van der Waals surface area contributed by atoms with Crippen molar-refractivity contribution in [2.75, 3.05) is 4.90 Å². The SMILES string of the molecule is c1ccc(-c2ccc3c(c2)oc2cc(-c4cccc(N(c5ccc(-c6cccc(-n7c8ccccc8c8ccccc87)c6)cc5)c5ccccc5-c5ccccc5)c4)ccc23)cc1. The predicted octanol–water partition coefficient (Wildman–Crippen LogP) is 16.8. The molecular formula is C60H40N2O. The lowest BCUT2D eigenvalue weighted by Gasteiger charge is -2.28. The van der Waals surface area contributed by atoms with Gasteiger partial charge in [-0.05, 0) is 118 Å². The van der Waals surface area contributed by atoms with Crippen LogP contribution in [0, 0.1) is 0 Å². The highest BCUT2D eigenvalue weighted by atomic mass is 16.3. The monoisotopic (exact) mass is 804 g/mol. The first kappa shape index (κ1) is 36.5. The molecule has 3 nitrogen and oxygen atoms in total. The van der Waals surface area contributed by atoms with Crippen molar-refractivity contribution in [2.24, 2.45) is 0 Å². The molecule has 3 heteroatoms. The van der Waals surface area contributed by atoms with E-state index in [1.807, 2.05) is 6.07 Å². The summed E-state index contributed by atoms with van der Waals surface area (Å²) in [5.74, 6) is 0. The Hall–Kier alpha value is -8.40. The zero-order chi connectivity index (χ0) is 41.7. The molecule has 12 rings (SSSR count). The van der Waals surface area contributed by atoms with E-state index in [0.717, 1.165) is 78.1 Å². The van der Waals surface area contributed by atoms with Crippen LogP contribution in [0.5, 0.6) is 0 Å². The molecule has 296 valence electrons. The fourth-order valence-electron chi connectivity index (χ4n) is 9.38. The van der Waals surface area contributed by atoms with Crippen molar-refractivity contribution < 1.29 is 4.42 Å². The van der Waals surface area contributed by atoms with Crippen molar-refractivity contribution in [1.82, 2.24) is 4.57 Å². The van der Waals surface area contributed by atoms with Gasteiger partial charge in [-0.15, -0.1) is 0 Å². The molecule has 63 heavy (non-hydrogen) atoms. The second-order valence-electron chi connectivity index (χ2n) is 16.1. The second kappa shape index (κ2) is 15.3.